The van der Waals surface area contributed by atoms with E-state index in [2.05, 4.69) is 28.1 Å². The summed E-state index contributed by atoms with van der Waals surface area (Å²) in [6, 6.07) is 15.7. The van der Waals surface area contributed by atoms with E-state index in [0.717, 1.165) is 44.9 Å². The fraction of sp³-hybridized carbons (Fsp3) is 0.160. The molecule has 1 aliphatic carbocycles. The quantitative estimate of drug-likeness (QED) is 0.505. The van der Waals surface area contributed by atoms with Crippen molar-refractivity contribution >= 4 is 39.9 Å². The number of rotatable bonds is 5. The van der Waals surface area contributed by atoms with Crippen molar-refractivity contribution in [3.63, 3.8) is 0 Å². The van der Waals surface area contributed by atoms with Crippen LogP contribution in [0.2, 0.25) is 0 Å². The Balaban J connectivity index is 1.54. The van der Waals surface area contributed by atoms with Gasteiger partial charge in [0.1, 0.15) is 5.75 Å². The summed E-state index contributed by atoms with van der Waals surface area (Å²) >= 11 is 0. The van der Waals surface area contributed by atoms with Crippen molar-refractivity contribution < 1.29 is 14.6 Å². The molecule has 4 aromatic rings. The molecule has 0 amide bonds. The van der Waals surface area contributed by atoms with Gasteiger partial charge in [-0.15, -0.1) is 0 Å². The largest absolute Gasteiger partial charge is 0.495 e. The van der Waals surface area contributed by atoms with Gasteiger partial charge in [0, 0.05) is 37.8 Å². The van der Waals surface area contributed by atoms with Gasteiger partial charge in [-0.3, -0.25) is 9.67 Å². The molecule has 2 aromatic heterocycles. The zero-order valence-electron chi connectivity index (χ0n) is 18.0. The summed E-state index contributed by atoms with van der Waals surface area (Å²) in [6.45, 7) is 0. The van der Waals surface area contributed by atoms with E-state index in [1.165, 1.54) is 6.20 Å². The van der Waals surface area contributed by atoms with E-state index in [-0.39, 0.29) is 0 Å². The fourth-order valence-electron chi connectivity index (χ4n) is 4.32. The van der Waals surface area contributed by atoms with Gasteiger partial charge in [0.15, 0.2) is 0 Å². The Morgan fingerprint density at radius 1 is 1.19 bits per heavy atom. The zero-order valence-corrected chi connectivity index (χ0v) is 18.0. The number of aromatic carboxylic acids is 1. The molecule has 1 aliphatic rings. The number of carboxylic acid groups (broad SMARTS) is 1. The second kappa shape index (κ2) is 7.53. The van der Waals surface area contributed by atoms with Crippen molar-refractivity contribution in [2.75, 3.05) is 19.1 Å². The highest BCUT2D eigenvalue weighted by Gasteiger charge is 2.24. The van der Waals surface area contributed by atoms with Crippen LogP contribution in [0.3, 0.4) is 0 Å². The number of hydrogen-bond donors (Lipinski definition) is 1. The third-order valence-corrected chi connectivity index (χ3v) is 5.97. The van der Waals surface area contributed by atoms with E-state index in [1.807, 2.05) is 49.1 Å². The molecule has 2 heterocycles. The van der Waals surface area contributed by atoms with E-state index in [0.29, 0.717) is 17.7 Å². The lowest BCUT2D eigenvalue weighted by atomic mass is 10.0. The Kier molecular flexibility index (Phi) is 4.66. The van der Waals surface area contributed by atoms with Gasteiger partial charge < -0.3 is 14.7 Å². The molecule has 1 N–H and O–H groups in total. The van der Waals surface area contributed by atoms with Crippen LogP contribution < -0.4 is 9.64 Å². The number of anilines is 2. The van der Waals surface area contributed by atoms with E-state index in [4.69, 9.17) is 9.84 Å². The Morgan fingerprint density at radius 2 is 2.00 bits per heavy atom. The van der Waals surface area contributed by atoms with E-state index in [1.54, 1.807) is 13.2 Å². The molecule has 5 rings (SSSR count). The van der Waals surface area contributed by atoms with Crippen LogP contribution in [0.4, 0.5) is 11.4 Å². The highest BCUT2D eigenvalue weighted by atomic mass is 16.5. The van der Waals surface area contributed by atoms with Crippen LogP contribution in [-0.2, 0) is 13.5 Å². The number of pyridine rings is 1. The van der Waals surface area contributed by atoms with Gasteiger partial charge in [-0.25, -0.2) is 4.79 Å². The lowest BCUT2D eigenvalue weighted by molar-refractivity contribution is 0.0695. The molecule has 0 aliphatic heterocycles. The number of nitrogens with zero attached hydrogens (tertiary/aromatic N) is 4. The number of aromatic nitrogens is 3. The number of ether oxygens (including phenoxy) is 1. The van der Waals surface area contributed by atoms with Crippen molar-refractivity contribution in [3.8, 4) is 5.75 Å². The Bertz CT molecular complexity index is 1400. The Labute approximate surface area is 185 Å². The smallest absolute Gasteiger partial charge is 0.336 e. The molecule has 32 heavy (non-hydrogen) atoms. The van der Waals surface area contributed by atoms with Crippen LogP contribution in [0, 0.1) is 0 Å². The number of allylic oxidation sites excluding steroid dienone is 1. The minimum Gasteiger partial charge on any atom is -0.495 e. The number of hydrogen-bond acceptors (Lipinski definition) is 5. The van der Waals surface area contributed by atoms with E-state index < -0.39 is 5.97 Å². The molecule has 7 heteroatoms. The first kappa shape index (κ1) is 19.8. The lowest BCUT2D eigenvalue weighted by Gasteiger charge is -2.22. The molecular weight excluding hydrogens is 404 g/mol. The van der Waals surface area contributed by atoms with Crippen LogP contribution in [0.25, 0.3) is 22.6 Å². The summed E-state index contributed by atoms with van der Waals surface area (Å²) < 4.78 is 7.37. The lowest BCUT2D eigenvalue weighted by Crippen LogP contribution is -2.10. The fourth-order valence-corrected chi connectivity index (χ4v) is 4.32. The number of para-hydroxylation sites is 2. The van der Waals surface area contributed by atoms with Gasteiger partial charge in [0.2, 0.25) is 0 Å². The van der Waals surface area contributed by atoms with Gasteiger partial charge in [0.05, 0.1) is 35.3 Å². The molecule has 0 unspecified atom stereocenters. The van der Waals surface area contributed by atoms with E-state index >= 15 is 0 Å². The summed E-state index contributed by atoms with van der Waals surface area (Å²) in [5, 5.41) is 15.3. The number of benzene rings is 2. The van der Waals surface area contributed by atoms with Crippen molar-refractivity contribution in [1.29, 1.82) is 0 Å². The van der Waals surface area contributed by atoms with Crippen LogP contribution >= 0.6 is 0 Å². The van der Waals surface area contributed by atoms with Crippen LogP contribution in [0.15, 0.2) is 54.7 Å². The van der Waals surface area contributed by atoms with Crippen molar-refractivity contribution in [2.24, 2.45) is 7.05 Å². The summed E-state index contributed by atoms with van der Waals surface area (Å²) in [4.78, 5) is 18.0. The molecule has 2 aromatic carbocycles. The summed E-state index contributed by atoms with van der Waals surface area (Å²) in [5.41, 5.74) is 6.52. The highest BCUT2D eigenvalue weighted by Crippen LogP contribution is 2.37. The third-order valence-electron chi connectivity index (χ3n) is 5.97. The molecule has 0 bridgehead atoms. The first-order valence-electron chi connectivity index (χ1n) is 10.2. The maximum Gasteiger partial charge on any atom is 0.336 e. The summed E-state index contributed by atoms with van der Waals surface area (Å²) in [5.74, 6) is -0.135. The molecule has 160 valence electrons. The van der Waals surface area contributed by atoms with Gasteiger partial charge in [-0.05, 0) is 53.6 Å². The van der Waals surface area contributed by atoms with Crippen LogP contribution in [-0.4, -0.2) is 40.0 Å². The van der Waals surface area contributed by atoms with Gasteiger partial charge in [0.25, 0.3) is 0 Å². The maximum absolute atomic E-state index is 11.6. The van der Waals surface area contributed by atoms with Crippen LogP contribution in [0.1, 0.15) is 27.3 Å². The third kappa shape index (κ3) is 3.10. The minimum absolute atomic E-state index is 0.294. The van der Waals surface area contributed by atoms with E-state index in [9.17, 15) is 9.90 Å². The van der Waals surface area contributed by atoms with Gasteiger partial charge in [-0.1, -0.05) is 12.1 Å². The van der Waals surface area contributed by atoms with Crippen molar-refractivity contribution in [2.45, 2.75) is 6.42 Å². The highest BCUT2D eigenvalue weighted by molar-refractivity contribution is 6.01. The molecule has 0 fully saturated rings. The molecule has 0 saturated heterocycles. The first-order valence-corrected chi connectivity index (χ1v) is 10.2. The number of carbonyl (C=O) groups is 1. The van der Waals surface area contributed by atoms with Crippen molar-refractivity contribution in [1.82, 2.24) is 14.8 Å². The zero-order chi connectivity index (χ0) is 22.4. The second-order valence-electron chi connectivity index (χ2n) is 7.78. The average Bonchev–Trinajstić information content (AvgIpc) is 3.39. The normalized spacial score (nSPS) is 12.5. The SMILES string of the molecule is COc1ccccc1N(C)c1ccc2c(C3=Cc4nccc(C(=O)O)c4C3)nn(C)c2c1. The van der Waals surface area contributed by atoms with Gasteiger partial charge >= 0.3 is 5.97 Å². The predicted molar refractivity (Wildman–Crippen MR) is 125 cm³/mol. The summed E-state index contributed by atoms with van der Waals surface area (Å²) in [6.07, 6.45) is 3.98. The Hall–Kier alpha value is -4.13. The number of fused-ring (bicyclic) bond motifs is 2. The standard InChI is InChI=1S/C25H22N4O3/c1-28(21-6-4-5-7-23(21)32-3)16-8-9-18-22(14-16)29(2)27-24(18)15-12-19-17(25(30)31)10-11-26-20(19)13-15/h4-11,13-14H,12H2,1-3H3,(H,30,31). The summed E-state index contributed by atoms with van der Waals surface area (Å²) in [7, 11) is 5.59. The topological polar surface area (TPSA) is 80.5 Å². The molecule has 7 nitrogen and oxygen atoms in total. The molecule has 0 spiro atoms. The first-order chi connectivity index (χ1) is 15.5. The molecule has 0 saturated carbocycles. The maximum atomic E-state index is 11.6. The minimum atomic E-state index is -0.937. The number of methoxy groups -OCH3 is 1. The predicted octanol–water partition coefficient (Wildman–Crippen LogP) is 4.54. The van der Waals surface area contributed by atoms with Crippen molar-refractivity contribution in [3.05, 3.63) is 77.2 Å². The molecular formula is C25H22N4O3. The van der Waals surface area contributed by atoms with Crippen LogP contribution in [0.5, 0.6) is 5.75 Å². The number of aryl methyl sites for hydroxylation is 1. The monoisotopic (exact) mass is 426 g/mol. The molecule has 0 radical (unpaired) electrons. The molecule has 0 atom stereocenters. The van der Waals surface area contributed by atoms with Gasteiger partial charge in [-0.2, -0.15) is 5.10 Å². The number of carboxylic acids is 1. The average molecular weight is 426 g/mol. The second-order valence-corrected chi connectivity index (χ2v) is 7.78. The Morgan fingerprint density at radius 3 is 2.78 bits per heavy atom.